The van der Waals surface area contributed by atoms with E-state index >= 15 is 0 Å². The summed E-state index contributed by atoms with van der Waals surface area (Å²) >= 11 is 0. The van der Waals surface area contributed by atoms with Crippen molar-refractivity contribution in [1.29, 1.82) is 0 Å². The second-order valence-corrected chi connectivity index (χ2v) is 6.21. The molecule has 3 nitrogen and oxygen atoms in total. The van der Waals surface area contributed by atoms with E-state index in [1.807, 2.05) is 0 Å². The van der Waals surface area contributed by atoms with Crippen LogP contribution in [-0.2, 0) is 0 Å². The van der Waals surface area contributed by atoms with Crippen LogP contribution in [0.4, 0.5) is 0 Å². The Bertz CT molecular complexity index is 241. The molecule has 0 radical (unpaired) electrons. The molecule has 0 aliphatic carbocycles. The lowest BCUT2D eigenvalue weighted by Gasteiger charge is -2.43. The zero-order chi connectivity index (χ0) is 14.3. The Morgan fingerprint density at radius 3 is 2.53 bits per heavy atom. The fourth-order valence-electron chi connectivity index (χ4n) is 3.14. The molecule has 2 unspecified atom stereocenters. The first-order chi connectivity index (χ1) is 9.06. The van der Waals surface area contributed by atoms with Crippen LogP contribution in [0.15, 0.2) is 0 Å². The standard InChI is InChI=1S/C16H34N2O/c1-5-11-17-14(4)15-10-8-9-12-18(15)13-16(19,6-2)7-3/h14-15,17,19H,5-13H2,1-4H3. The smallest absolute Gasteiger partial charge is 0.0769 e. The van der Waals surface area contributed by atoms with Crippen LogP contribution >= 0.6 is 0 Å². The third kappa shape index (κ3) is 5.05. The average molecular weight is 270 g/mol. The summed E-state index contributed by atoms with van der Waals surface area (Å²) in [7, 11) is 0. The number of nitrogens with zero attached hydrogens (tertiary/aromatic N) is 1. The maximum atomic E-state index is 10.6. The van der Waals surface area contributed by atoms with Gasteiger partial charge in [-0.1, -0.05) is 27.2 Å². The zero-order valence-electron chi connectivity index (χ0n) is 13.4. The van der Waals surface area contributed by atoms with Crippen LogP contribution in [0.2, 0.25) is 0 Å². The van der Waals surface area contributed by atoms with Crippen LogP contribution in [0.25, 0.3) is 0 Å². The van der Waals surface area contributed by atoms with E-state index in [0.717, 1.165) is 32.5 Å². The van der Waals surface area contributed by atoms with Crippen LogP contribution in [0.5, 0.6) is 0 Å². The highest BCUT2D eigenvalue weighted by Gasteiger charge is 2.33. The molecule has 1 rings (SSSR count). The lowest BCUT2D eigenvalue weighted by Crippen LogP contribution is -2.55. The predicted octanol–water partition coefficient (Wildman–Crippen LogP) is 2.78. The molecule has 19 heavy (non-hydrogen) atoms. The molecular weight excluding hydrogens is 236 g/mol. The third-order valence-electron chi connectivity index (χ3n) is 4.77. The van der Waals surface area contributed by atoms with E-state index in [9.17, 15) is 5.11 Å². The highest BCUT2D eigenvalue weighted by molar-refractivity contribution is 4.89. The fraction of sp³-hybridized carbons (Fsp3) is 1.00. The Hall–Kier alpha value is -0.120. The van der Waals surface area contributed by atoms with Gasteiger partial charge >= 0.3 is 0 Å². The van der Waals surface area contributed by atoms with Gasteiger partial charge in [0.1, 0.15) is 0 Å². The summed E-state index contributed by atoms with van der Waals surface area (Å²) in [6.45, 7) is 11.8. The number of likely N-dealkylation sites (tertiary alicyclic amines) is 1. The van der Waals surface area contributed by atoms with Gasteiger partial charge in [-0.05, 0) is 52.1 Å². The quantitative estimate of drug-likeness (QED) is 0.712. The molecule has 0 aromatic carbocycles. The minimum Gasteiger partial charge on any atom is -0.389 e. The molecule has 1 saturated heterocycles. The molecule has 1 fully saturated rings. The largest absolute Gasteiger partial charge is 0.389 e. The molecular formula is C16H34N2O. The summed E-state index contributed by atoms with van der Waals surface area (Å²) in [6, 6.07) is 1.11. The van der Waals surface area contributed by atoms with Gasteiger partial charge in [0, 0.05) is 18.6 Å². The molecule has 1 aliphatic rings. The van der Waals surface area contributed by atoms with E-state index in [1.165, 1.54) is 25.7 Å². The third-order valence-corrected chi connectivity index (χ3v) is 4.77. The topological polar surface area (TPSA) is 35.5 Å². The van der Waals surface area contributed by atoms with E-state index < -0.39 is 5.60 Å². The van der Waals surface area contributed by atoms with Gasteiger partial charge in [0.25, 0.3) is 0 Å². The highest BCUT2D eigenvalue weighted by Crippen LogP contribution is 2.25. The summed E-state index contributed by atoms with van der Waals surface area (Å²) in [5, 5.41) is 14.2. The van der Waals surface area contributed by atoms with Crippen molar-refractivity contribution in [3.05, 3.63) is 0 Å². The molecule has 0 saturated carbocycles. The van der Waals surface area contributed by atoms with Crippen molar-refractivity contribution in [2.45, 2.75) is 83.9 Å². The number of hydrogen-bond donors (Lipinski definition) is 2. The minimum atomic E-state index is -0.500. The van der Waals surface area contributed by atoms with Crippen molar-refractivity contribution in [3.8, 4) is 0 Å². The van der Waals surface area contributed by atoms with E-state index in [0.29, 0.717) is 12.1 Å². The number of rotatable bonds is 8. The second-order valence-electron chi connectivity index (χ2n) is 6.21. The first-order valence-corrected chi connectivity index (χ1v) is 8.26. The summed E-state index contributed by atoms with van der Waals surface area (Å²) < 4.78 is 0. The lowest BCUT2D eigenvalue weighted by molar-refractivity contribution is -0.0274. The SMILES string of the molecule is CCCNC(C)C1CCCCN1CC(O)(CC)CC. The minimum absolute atomic E-state index is 0.500. The van der Waals surface area contributed by atoms with E-state index in [1.54, 1.807) is 0 Å². The van der Waals surface area contributed by atoms with Gasteiger partial charge < -0.3 is 10.4 Å². The Balaban J connectivity index is 2.61. The maximum Gasteiger partial charge on any atom is 0.0769 e. The molecule has 3 heteroatoms. The number of aliphatic hydroxyl groups is 1. The number of hydrogen-bond acceptors (Lipinski definition) is 3. The molecule has 2 atom stereocenters. The summed E-state index contributed by atoms with van der Waals surface area (Å²) in [5.74, 6) is 0. The molecule has 0 bridgehead atoms. The monoisotopic (exact) mass is 270 g/mol. The lowest BCUT2D eigenvalue weighted by atomic mass is 9.91. The molecule has 0 aromatic heterocycles. The Kier molecular flexibility index (Phi) is 7.33. The number of piperidine rings is 1. The van der Waals surface area contributed by atoms with Gasteiger partial charge in [-0.25, -0.2) is 0 Å². The van der Waals surface area contributed by atoms with Crippen molar-refractivity contribution < 1.29 is 5.11 Å². The van der Waals surface area contributed by atoms with Gasteiger partial charge in [0.05, 0.1) is 5.60 Å². The number of nitrogens with one attached hydrogen (secondary N) is 1. The second kappa shape index (κ2) is 8.23. The highest BCUT2D eigenvalue weighted by atomic mass is 16.3. The Morgan fingerprint density at radius 2 is 1.95 bits per heavy atom. The van der Waals surface area contributed by atoms with Crippen molar-refractivity contribution in [3.63, 3.8) is 0 Å². The molecule has 1 aliphatic heterocycles. The van der Waals surface area contributed by atoms with Crippen molar-refractivity contribution in [2.75, 3.05) is 19.6 Å². The van der Waals surface area contributed by atoms with Gasteiger partial charge in [-0.3, -0.25) is 4.90 Å². The van der Waals surface area contributed by atoms with Crippen molar-refractivity contribution >= 4 is 0 Å². The van der Waals surface area contributed by atoms with E-state index in [2.05, 4.69) is 37.9 Å². The molecule has 114 valence electrons. The fourth-order valence-corrected chi connectivity index (χ4v) is 3.14. The Labute approximate surface area is 119 Å². The normalized spacial score (nSPS) is 23.5. The van der Waals surface area contributed by atoms with Gasteiger partial charge in [-0.15, -0.1) is 0 Å². The average Bonchev–Trinajstić information content (AvgIpc) is 2.45. The van der Waals surface area contributed by atoms with Crippen LogP contribution in [0.3, 0.4) is 0 Å². The molecule has 1 heterocycles. The van der Waals surface area contributed by atoms with E-state index in [-0.39, 0.29) is 0 Å². The first-order valence-electron chi connectivity index (χ1n) is 8.26. The molecule has 0 spiro atoms. The van der Waals surface area contributed by atoms with E-state index in [4.69, 9.17) is 0 Å². The molecule has 2 N–H and O–H groups in total. The molecule has 0 amide bonds. The number of β-amino-alcohol motifs (C(OH)–C–C–N with tert-alkyl or cyclic N) is 1. The first kappa shape index (κ1) is 16.9. The van der Waals surface area contributed by atoms with Crippen LogP contribution in [0, 0.1) is 0 Å². The van der Waals surface area contributed by atoms with Crippen LogP contribution in [-0.4, -0.2) is 47.3 Å². The van der Waals surface area contributed by atoms with Crippen molar-refractivity contribution in [2.24, 2.45) is 0 Å². The summed E-state index contributed by atoms with van der Waals surface area (Å²) in [6.07, 6.45) is 6.76. The summed E-state index contributed by atoms with van der Waals surface area (Å²) in [5.41, 5.74) is -0.500. The summed E-state index contributed by atoms with van der Waals surface area (Å²) in [4.78, 5) is 2.53. The van der Waals surface area contributed by atoms with Crippen molar-refractivity contribution in [1.82, 2.24) is 10.2 Å². The Morgan fingerprint density at radius 1 is 1.26 bits per heavy atom. The van der Waals surface area contributed by atoms with Gasteiger partial charge in [-0.2, -0.15) is 0 Å². The predicted molar refractivity (Wildman–Crippen MR) is 82.5 cm³/mol. The zero-order valence-corrected chi connectivity index (χ0v) is 13.4. The van der Waals surface area contributed by atoms with Gasteiger partial charge in [0.15, 0.2) is 0 Å². The van der Waals surface area contributed by atoms with Crippen LogP contribution in [0.1, 0.15) is 66.2 Å². The van der Waals surface area contributed by atoms with Crippen LogP contribution < -0.4 is 5.32 Å². The molecule has 0 aromatic rings. The van der Waals surface area contributed by atoms with Gasteiger partial charge in [0.2, 0.25) is 0 Å². The maximum absolute atomic E-state index is 10.6.